The molecule has 0 aromatic rings. The molecule has 0 rings (SSSR count). The highest BCUT2D eigenvalue weighted by Gasteiger charge is 1.82. The third kappa shape index (κ3) is 9.15. The Labute approximate surface area is 75.2 Å². The second-order valence-corrected chi connectivity index (χ2v) is 2.68. The Bertz CT molecular complexity index is 145. The molecule has 0 saturated heterocycles. The van der Waals surface area contributed by atoms with Gasteiger partial charge in [0.05, 0.1) is 0 Å². The van der Waals surface area contributed by atoms with Crippen molar-refractivity contribution in [1.29, 1.82) is 0 Å². The molecule has 0 aliphatic carbocycles. The van der Waals surface area contributed by atoms with Crippen molar-refractivity contribution in [3.8, 4) is 0 Å². The summed E-state index contributed by atoms with van der Waals surface area (Å²) in [6.45, 7) is 2.14. The first kappa shape index (κ1) is 11.2. The predicted molar refractivity (Wildman–Crippen MR) is 52.7 cm³/mol. The molecule has 1 radical (unpaired) electrons. The first-order chi connectivity index (χ1) is 5.91. The molecule has 0 aliphatic rings. The maximum absolute atomic E-state index is 9.76. The number of rotatable bonds is 7. The van der Waals surface area contributed by atoms with Crippen LogP contribution in [0, 0.1) is 0 Å². The van der Waals surface area contributed by atoms with Crippen LogP contribution in [0.4, 0.5) is 0 Å². The Hall–Kier alpha value is -0.850. The van der Waals surface area contributed by atoms with Gasteiger partial charge in [0.25, 0.3) is 0 Å². The first-order valence-corrected chi connectivity index (χ1v) is 4.59. The topological polar surface area (TPSA) is 17.1 Å². The lowest BCUT2D eigenvalue weighted by Gasteiger charge is -1.91. The van der Waals surface area contributed by atoms with E-state index in [2.05, 4.69) is 19.1 Å². The zero-order valence-corrected chi connectivity index (χ0v) is 7.75. The van der Waals surface area contributed by atoms with Crippen molar-refractivity contribution in [1.82, 2.24) is 0 Å². The van der Waals surface area contributed by atoms with Crippen LogP contribution in [0.15, 0.2) is 24.3 Å². The largest absolute Gasteiger partial charge is 0.286 e. The zero-order chi connectivity index (χ0) is 9.07. The normalized spacial score (nSPS) is 11.4. The van der Waals surface area contributed by atoms with Crippen molar-refractivity contribution in [3.63, 3.8) is 0 Å². The lowest BCUT2D eigenvalue weighted by molar-refractivity contribution is 0.564. The molecule has 67 valence electrons. The van der Waals surface area contributed by atoms with E-state index < -0.39 is 0 Å². The summed E-state index contributed by atoms with van der Waals surface area (Å²) in [5.41, 5.74) is 0. The van der Waals surface area contributed by atoms with Crippen LogP contribution in [0.1, 0.15) is 39.0 Å². The first-order valence-electron chi connectivity index (χ1n) is 4.59. The van der Waals surface area contributed by atoms with Gasteiger partial charge in [-0.1, -0.05) is 25.2 Å². The highest BCUT2D eigenvalue weighted by Crippen LogP contribution is 2.01. The van der Waals surface area contributed by atoms with Crippen LogP contribution < -0.4 is 0 Å². The summed E-state index contributed by atoms with van der Waals surface area (Å²) in [6, 6.07) is 0. The van der Waals surface area contributed by atoms with E-state index in [1.807, 2.05) is 6.08 Å². The molecule has 0 heterocycles. The summed E-state index contributed by atoms with van der Waals surface area (Å²) in [5, 5.41) is 0. The zero-order valence-electron chi connectivity index (χ0n) is 7.75. The van der Waals surface area contributed by atoms with Crippen LogP contribution in [0.2, 0.25) is 0 Å². The van der Waals surface area contributed by atoms with Gasteiger partial charge in [0.2, 0.25) is 6.29 Å². The lowest BCUT2D eigenvalue weighted by Crippen LogP contribution is -1.72. The summed E-state index contributed by atoms with van der Waals surface area (Å²) in [4.78, 5) is 9.76. The third-order valence-electron chi connectivity index (χ3n) is 1.58. The van der Waals surface area contributed by atoms with Crippen molar-refractivity contribution in [2.45, 2.75) is 39.0 Å². The molecule has 0 aromatic carbocycles. The highest BCUT2D eigenvalue weighted by molar-refractivity contribution is 5.65. The van der Waals surface area contributed by atoms with E-state index in [9.17, 15) is 4.79 Å². The van der Waals surface area contributed by atoms with E-state index >= 15 is 0 Å². The van der Waals surface area contributed by atoms with Gasteiger partial charge in [0, 0.05) is 0 Å². The summed E-state index contributed by atoms with van der Waals surface area (Å²) in [5.74, 6) is 0. The molecule has 0 fully saturated rings. The van der Waals surface area contributed by atoms with Crippen molar-refractivity contribution >= 4 is 6.29 Å². The van der Waals surface area contributed by atoms with Crippen LogP contribution in [-0.4, -0.2) is 6.29 Å². The molecule has 0 atom stereocenters. The monoisotopic (exact) mass is 165 g/mol. The third-order valence-corrected chi connectivity index (χ3v) is 1.58. The van der Waals surface area contributed by atoms with Crippen LogP contribution in [-0.2, 0) is 4.79 Å². The van der Waals surface area contributed by atoms with E-state index in [1.165, 1.54) is 12.5 Å². The number of hydrogen-bond donors (Lipinski definition) is 0. The predicted octanol–water partition coefficient (Wildman–Crippen LogP) is 3.18. The molecule has 0 unspecified atom stereocenters. The summed E-state index contributed by atoms with van der Waals surface area (Å²) < 4.78 is 0. The quantitative estimate of drug-likeness (QED) is 0.321. The van der Waals surface area contributed by atoms with Crippen molar-refractivity contribution < 1.29 is 4.79 Å². The molecule has 0 aliphatic heterocycles. The number of unbranched alkanes of at least 4 members (excludes halogenated alkanes) is 3. The van der Waals surface area contributed by atoms with Gasteiger partial charge in [-0.05, 0) is 38.2 Å². The molecule has 0 spiro atoms. The smallest absolute Gasteiger partial charge is 0.225 e. The van der Waals surface area contributed by atoms with Crippen LogP contribution in [0.5, 0.6) is 0 Å². The van der Waals surface area contributed by atoms with Gasteiger partial charge in [0.15, 0.2) is 0 Å². The Kier molecular flexibility index (Phi) is 9.43. The summed E-state index contributed by atoms with van der Waals surface area (Å²) in [7, 11) is 0. The number of hydrogen-bond acceptors (Lipinski definition) is 1. The Morgan fingerprint density at radius 2 is 1.75 bits per heavy atom. The van der Waals surface area contributed by atoms with E-state index in [4.69, 9.17) is 0 Å². The molecule has 0 N–H and O–H groups in total. The van der Waals surface area contributed by atoms with E-state index in [0.29, 0.717) is 0 Å². The second-order valence-electron chi connectivity index (χ2n) is 2.68. The van der Waals surface area contributed by atoms with Crippen LogP contribution in [0.25, 0.3) is 0 Å². The molecule has 0 amide bonds. The van der Waals surface area contributed by atoms with Crippen molar-refractivity contribution in [2.24, 2.45) is 0 Å². The standard InChI is InChI=1S/C11H17O/c1-2-3-4-5-6-7-8-9-10-11-12/h3-4,9-10H,2,5-8H2,1H3. The minimum absolute atomic E-state index is 0.995. The summed E-state index contributed by atoms with van der Waals surface area (Å²) in [6.07, 6.45) is 15.1. The molecule has 12 heavy (non-hydrogen) atoms. The molecular formula is C11H17O. The van der Waals surface area contributed by atoms with Gasteiger partial charge < -0.3 is 0 Å². The second kappa shape index (κ2) is 10.2. The van der Waals surface area contributed by atoms with Gasteiger partial charge in [-0.3, -0.25) is 4.79 Å². The molecule has 0 saturated carbocycles. The average molecular weight is 165 g/mol. The van der Waals surface area contributed by atoms with Gasteiger partial charge >= 0.3 is 0 Å². The van der Waals surface area contributed by atoms with Gasteiger partial charge in [0.1, 0.15) is 0 Å². The Morgan fingerprint density at radius 1 is 1.08 bits per heavy atom. The van der Waals surface area contributed by atoms with E-state index in [0.717, 1.165) is 25.7 Å². The summed E-state index contributed by atoms with van der Waals surface area (Å²) >= 11 is 0. The van der Waals surface area contributed by atoms with Crippen LogP contribution in [0.3, 0.4) is 0 Å². The van der Waals surface area contributed by atoms with Gasteiger partial charge in [-0.2, -0.15) is 0 Å². The average Bonchev–Trinajstić information content (AvgIpc) is 2.10. The molecule has 0 bridgehead atoms. The molecule has 0 aromatic heterocycles. The van der Waals surface area contributed by atoms with Gasteiger partial charge in [-0.25, -0.2) is 0 Å². The fourth-order valence-electron chi connectivity index (χ4n) is 0.940. The lowest BCUT2D eigenvalue weighted by atomic mass is 10.2. The van der Waals surface area contributed by atoms with E-state index in [-0.39, 0.29) is 0 Å². The SMILES string of the molecule is CCC=CCCCCC=C[C]=O. The van der Waals surface area contributed by atoms with Crippen molar-refractivity contribution in [3.05, 3.63) is 24.3 Å². The molecular weight excluding hydrogens is 148 g/mol. The molecule has 1 heteroatoms. The van der Waals surface area contributed by atoms with Gasteiger partial charge in [-0.15, -0.1) is 0 Å². The molecule has 1 nitrogen and oxygen atoms in total. The van der Waals surface area contributed by atoms with Crippen molar-refractivity contribution in [2.75, 3.05) is 0 Å². The maximum Gasteiger partial charge on any atom is 0.225 e. The highest BCUT2D eigenvalue weighted by atomic mass is 16.1. The number of carbonyl (C=O) groups excluding carboxylic acids is 1. The number of allylic oxidation sites excluding steroid dienone is 4. The maximum atomic E-state index is 9.76. The fraction of sp³-hybridized carbons (Fsp3) is 0.545. The fourth-order valence-corrected chi connectivity index (χ4v) is 0.940. The van der Waals surface area contributed by atoms with E-state index in [1.54, 1.807) is 6.29 Å². The Morgan fingerprint density at radius 3 is 2.33 bits per heavy atom. The van der Waals surface area contributed by atoms with Crippen LogP contribution >= 0.6 is 0 Å². The minimum Gasteiger partial charge on any atom is -0.286 e. The minimum atomic E-state index is 0.995. The Balaban J connectivity index is 3.05.